The van der Waals surface area contributed by atoms with Crippen LogP contribution in [0.4, 0.5) is 0 Å². The van der Waals surface area contributed by atoms with E-state index in [1.165, 1.54) is 17.5 Å². The number of aromatic nitrogens is 1. The van der Waals surface area contributed by atoms with Crippen LogP contribution < -0.4 is 10.1 Å². The van der Waals surface area contributed by atoms with Crippen molar-refractivity contribution in [2.75, 3.05) is 39.8 Å². The van der Waals surface area contributed by atoms with Gasteiger partial charge in [-0.15, -0.1) is 11.3 Å². The molecule has 2 aliphatic heterocycles. The lowest BCUT2D eigenvalue weighted by Crippen LogP contribution is -2.35. The molecule has 1 unspecified atom stereocenters. The van der Waals surface area contributed by atoms with Gasteiger partial charge in [0.05, 0.1) is 22.9 Å². The Balaban J connectivity index is 1.37. The van der Waals surface area contributed by atoms with Crippen molar-refractivity contribution in [2.24, 2.45) is 5.92 Å². The molecular formula is C26H33N3O2S. The molecule has 32 heavy (non-hydrogen) atoms. The average molecular weight is 452 g/mol. The van der Waals surface area contributed by atoms with Crippen LogP contribution in [-0.2, 0) is 4.74 Å². The smallest absolute Gasteiger partial charge is 0.135 e. The second-order valence-electron chi connectivity index (χ2n) is 9.12. The van der Waals surface area contributed by atoms with Crippen LogP contribution in [0.2, 0.25) is 0 Å². The second-order valence-corrected chi connectivity index (χ2v) is 10.2. The highest BCUT2D eigenvalue weighted by Gasteiger charge is 2.26. The molecule has 170 valence electrons. The highest BCUT2D eigenvalue weighted by Crippen LogP contribution is 2.36. The van der Waals surface area contributed by atoms with E-state index in [4.69, 9.17) is 14.5 Å². The molecule has 1 aromatic heterocycles. The Kier molecular flexibility index (Phi) is 7.03. The summed E-state index contributed by atoms with van der Waals surface area (Å²) in [5, 5.41) is 4.45. The molecule has 0 bridgehead atoms. The van der Waals surface area contributed by atoms with E-state index >= 15 is 0 Å². The van der Waals surface area contributed by atoms with E-state index in [1.807, 2.05) is 6.07 Å². The molecule has 0 spiro atoms. The van der Waals surface area contributed by atoms with Crippen molar-refractivity contribution in [1.29, 1.82) is 0 Å². The van der Waals surface area contributed by atoms with Crippen LogP contribution in [0.1, 0.15) is 42.4 Å². The summed E-state index contributed by atoms with van der Waals surface area (Å²) in [6, 6.07) is 16.8. The van der Waals surface area contributed by atoms with E-state index in [9.17, 15) is 0 Å². The third-order valence-electron chi connectivity index (χ3n) is 6.63. The molecule has 2 saturated heterocycles. The van der Waals surface area contributed by atoms with E-state index in [0.717, 1.165) is 67.5 Å². The summed E-state index contributed by atoms with van der Waals surface area (Å²) in [5.74, 6) is 1.56. The van der Waals surface area contributed by atoms with Gasteiger partial charge in [0.2, 0.25) is 0 Å². The van der Waals surface area contributed by atoms with E-state index in [1.54, 1.807) is 11.3 Å². The Morgan fingerprint density at radius 3 is 2.69 bits per heavy atom. The molecule has 5 nitrogen and oxygen atoms in total. The van der Waals surface area contributed by atoms with Crippen LogP contribution in [-0.4, -0.2) is 55.8 Å². The van der Waals surface area contributed by atoms with Crippen LogP contribution in [0.3, 0.4) is 0 Å². The van der Waals surface area contributed by atoms with Crippen LogP contribution in [0.25, 0.3) is 10.2 Å². The van der Waals surface area contributed by atoms with Gasteiger partial charge >= 0.3 is 0 Å². The summed E-state index contributed by atoms with van der Waals surface area (Å²) in [5.41, 5.74) is 2.17. The Morgan fingerprint density at radius 2 is 1.88 bits per heavy atom. The molecule has 3 heterocycles. The predicted octanol–water partition coefficient (Wildman–Crippen LogP) is 4.87. The molecule has 2 aromatic carbocycles. The van der Waals surface area contributed by atoms with E-state index in [-0.39, 0.29) is 12.2 Å². The van der Waals surface area contributed by atoms with Gasteiger partial charge in [-0.3, -0.25) is 0 Å². The van der Waals surface area contributed by atoms with Crippen molar-refractivity contribution in [3.8, 4) is 5.75 Å². The molecule has 2 fully saturated rings. The standard InChI is InChI=1S/C26H33N3O2S/c1-29-15-11-21(12-16-29)31-25(26-28-23-7-2-3-8-24(23)32-26)20-5-4-6-22(17-20)30-18-19-9-13-27-14-10-19/h2-8,17,19,21,25,27H,9-16,18H2,1H3. The molecule has 2 aliphatic rings. The minimum absolute atomic E-state index is 0.164. The Morgan fingerprint density at radius 1 is 1.06 bits per heavy atom. The third-order valence-corrected chi connectivity index (χ3v) is 7.71. The topological polar surface area (TPSA) is 46.6 Å². The number of nitrogens with zero attached hydrogens (tertiary/aromatic N) is 2. The molecule has 0 amide bonds. The lowest BCUT2D eigenvalue weighted by atomic mass is 9.99. The van der Waals surface area contributed by atoms with Gasteiger partial charge in [-0.2, -0.15) is 0 Å². The van der Waals surface area contributed by atoms with Crippen molar-refractivity contribution in [2.45, 2.75) is 37.9 Å². The predicted molar refractivity (Wildman–Crippen MR) is 131 cm³/mol. The van der Waals surface area contributed by atoms with Gasteiger partial charge in [-0.05, 0) is 81.6 Å². The lowest BCUT2D eigenvalue weighted by Gasteiger charge is -2.31. The summed E-state index contributed by atoms with van der Waals surface area (Å²) in [6.07, 6.45) is 4.58. The maximum atomic E-state index is 6.75. The van der Waals surface area contributed by atoms with Crippen LogP contribution >= 0.6 is 11.3 Å². The highest BCUT2D eigenvalue weighted by atomic mass is 32.1. The number of ether oxygens (including phenoxy) is 2. The normalized spacial score (nSPS) is 19.9. The number of para-hydroxylation sites is 1. The van der Waals surface area contributed by atoms with Crippen LogP contribution in [0.5, 0.6) is 5.75 Å². The Hall–Kier alpha value is -1.99. The fourth-order valence-corrected chi connectivity index (χ4v) is 5.66. The summed E-state index contributed by atoms with van der Waals surface area (Å²) in [6.45, 7) is 5.14. The average Bonchev–Trinajstić information content (AvgIpc) is 3.27. The van der Waals surface area contributed by atoms with Crippen molar-refractivity contribution in [3.63, 3.8) is 0 Å². The lowest BCUT2D eigenvalue weighted by molar-refractivity contribution is -0.0235. The largest absolute Gasteiger partial charge is 0.493 e. The van der Waals surface area contributed by atoms with Gasteiger partial charge in [-0.25, -0.2) is 4.98 Å². The Bertz CT molecular complexity index is 976. The van der Waals surface area contributed by atoms with Gasteiger partial charge in [-0.1, -0.05) is 24.3 Å². The zero-order valence-electron chi connectivity index (χ0n) is 18.8. The summed E-state index contributed by atoms with van der Waals surface area (Å²) in [7, 11) is 2.18. The summed E-state index contributed by atoms with van der Waals surface area (Å²) in [4.78, 5) is 7.33. The fraction of sp³-hybridized carbons (Fsp3) is 0.500. The SMILES string of the molecule is CN1CCC(OC(c2cccc(OCC3CCNCC3)c2)c2nc3ccccc3s2)CC1. The molecule has 6 heteroatoms. The molecule has 0 radical (unpaired) electrons. The quantitative estimate of drug-likeness (QED) is 0.555. The van der Waals surface area contributed by atoms with E-state index in [0.29, 0.717) is 5.92 Å². The maximum absolute atomic E-state index is 6.75. The second kappa shape index (κ2) is 10.3. The first-order valence-electron chi connectivity index (χ1n) is 11.9. The minimum atomic E-state index is -0.164. The Labute approximate surface area is 194 Å². The van der Waals surface area contributed by atoms with Crippen molar-refractivity contribution >= 4 is 21.6 Å². The number of nitrogens with one attached hydrogen (secondary N) is 1. The first-order valence-corrected chi connectivity index (χ1v) is 12.7. The number of hydrogen-bond donors (Lipinski definition) is 1. The molecule has 0 saturated carbocycles. The van der Waals surface area contributed by atoms with Crippen LogP contribution in [0, 0.1) is 5.92 Å². The molecule has 3 aromatic rings. The van der Waals surface area contributed by atoms with Gasteiger partial charge in [0.15, 0.2) is 0 Å². The fourth-order valence-electron chi connectivity index (χ4n) is 4.62. The number of fused-ring (bicyclic) bond motifs is 1. The van der Waals surface area contributed by atoms with Gasteiger partial charge in [0.1, 0.15) is 16.9 Å². The molecule has 5 rings (SSSR count). The number of thiazole rings is 1. The third kappa shape index (κ3) is 5.31. The molecule has 0 aliphatic carbocycles. The van der Waals surface area contributed by atoms with Crippen LogP contribution in [0.15, 0.2) is 48.5 Å². The number of likely N-dealkylation sites (tertiary alicyclic amines) is 1. The molecule has 1 N–H and O–H groups in total. The number of piperidine rings is 2. The highest BCUT2D eigenvalue weighted by molar-refractivity contribution is 7.18. The van der Waals surface area contributed by atoms with E-state index in [2.05, 4.69) is 59.7 Å². The zero-order valence-corrected chi connectivity index (χ0v) is 19.7. The van der Waals surface area contributed by atoms with Gasteiger partial charge in [0, 0.05) is 13.1 Å². The van der Waals surface area contributed by atoms with E-state index < -0.39 is 0 Å². The van der Waals surface area contributed by atoms with Crippen molar-refractivity contribution in [3.05, 3.63) is 59.1 Å². The van der Waals surface area contributed by atoms with Gasteiger partial charge in [0.25, 0.3) is 0 Å². The number of benzene rings is 2. The monoisotopic (exact) mass is 451 g/mol. The first-order chi connectivity index (χ1) is 15.7. The number of hydrogen-bond acceptors (Lipinski definition) is 6. The van der Waals surface area contributed by atoms with Gasteiger partial charge < -0.3 is 19.7 Å². The number of rotatable bonds is 7. The van der Waals surface area contributed by atoms with Crippen molar-refractivity contribution < 1.29 is 9.47 Å². The molecular weight excluding hydrogens is 418 g/mol. The summed E-state index contributed by atoms with van der Waals surface area (Å²) >= 11 is 1.74. The molecule has 1 atom stereocenters. The maximum Gasteiger partial charge on any atom is 0.135 e. The zero-order chi connectivity index (χ0) is 21.8. The minimum Gasteiger partial charge on any atom is -0.493 e. The first kappa shape index (κ1) is 21.8. The van der Waals surface area contributed by atoms with Crippen molar-refractivity contribution in [1.82, 2.24) is 15.2 Å². The summed E-state index contributed by atoms with van der Waals surface area (Å²) < 4.78 is 14.2.